The molecule has 0 radical (unpaired) electrons. The molecular weight excluding hydrogens is 250 g/mol. The summed E-state index contributed by atoms with van der Waals surface area (Å²) in [6.45, 7) is 8.36. The molecule has 4 nitrogen and oxygen atoms in total. The lowest BCUT2D eigenvalue weighted by atomic mass is 10.1. The topological polar surface area (TPSA) is 39.5 Å². The number of nitrogens with zero attached hydrogens (tertiary/aromatic N) is 3. The lowest BCUT2D eigenvalue weighted by Gasteiger charge is -2.42. The maximum absolute atomic E-state index is 8.74. The van der Waals surface area contributed by atoms with Gasteiger partial charge in [0, 0.05) is 31.7 Å². The van der Waals surface area contributed by atoms with Gasteiger partial charge in [-0.3, -0.25) is 9.80 Å². The van der Waals surface area contributed by atoms with Crippen molar-refractivity contribution in [2.24, 2.45) is 0 Å². The highest BCUT2D eigenvalue weighted by molar-refractivity contribution is 5.34. The molecule has 1 saturated heterocycles. The van der Waals surface area contributed by atoms with E-state index in [1.807, 2.05) is 12.1 Å². The number of ether oxygens (including phenoxy) is 1. The number of nitriles is 1. The molecular formula is C16H23N3O. The molecule has 1 aliphatic heterocycles. The van der Waals surface area contributed by atoms with E-state index < -0.39 is 0 Å². The fourth-order valence-corrected chi connectivity index (χ4v) is 2.61. The van der Waals surface area contributed by atoms with Crippen LogP contribution in [0.15, 0.2) is 24.3 Å². The van der Waals surface area contributed by atoms with Crippen molar-refractivity contribution in [3.8, 4) is 11.8 Å². The maximum atomic E-state index is 8.74. The first-order valence-corrected chi connectivity index (χ1v) is 7.17. The number of hydrogen-bond donors (Lipinski definition) is 0. The number of piperazine rings is 1. The highest BCUT2D eigenvalue weighted by atomic mass is 16.5. The van der Waals surface area contributed by atoms with Gasteiger partial charge in [0.05, 0.1) is 11.6 Å². The summed E-state index contributed by atoms with van der Waals surface area (Å²) in [5.41, 5.74) is 0.666. The standard InChI is InChI=1S/C16H23N3O/c1-13-11-19(12-14(2)18(13)3)8-9-20-16-6-4-15(10-17)5-7-16/h4-7,13-14H,8-9,11-12H2,1-3H3. The molecule has 1 fully saturated rings. The lowest BCUT2D eigenvalue weighted by molar-refractivity contribution is 0.0522. The molecule has 2 unspecified atom stereocenters. The van der Waals surface area contributed by atoms with E-state index in [4.69, 9.17) is 10.00 Å². The van der Waals surface area contributed by atoms with Crippen molar-refractivity contribution >= 4 is 0 Å². The van der Waals surface area contributed by atoms with Crippen LogP contribution >= 0.6 is 0 Å². The molecule has 1 aromatic rings. The van der Waals surface area contributed by atoms with Crippen molar-refractivity contribution in [1.82, 2.24) is 9.80 Å². The Bertz CT molecular complexity index is 454. The Labute approximate surface area is 121 Å². The van der Waals surface area contributed by atoms with E-state index in [0.717, 1.165) is 25.4 Å². The summed E-state index contributed by atoms with van der Waals surface area (Å²) in [4.78, 5) is 4.89. The van der Waals surface area contributed by atoms with Crippen LogP contribution in [0.4, 0.5) is 0 Å². The van der Waals surface area contributed by atoms with E-state index in [0.29, 0.717) is 24.3 Å². The molecule has 2 atom stereocenters. The average molecular weight is 273 g/mol. The van der Waals surface area contributed by atoms with Gasteiger partial charge in [-0.2, -0.15) is 5.26 Å². The van der Waals surface area contributed by atoms with E-state index in [9.17, 15) is 0 Å². The van der Waals surface area contributed by atoms with Gasteiger partial charge in [0.1, 0.15) is 12.4 Å². The Kier molecular flexibility index (Phi) is 4.99. The lowest BCUT2D eigenvalue weighted by Crippen LogP contribution is -2.55. The molecule has 4 heteroatoms. The molecule has 0 bridgehead atoms. The predicted molar refractivity (Wildman–Crippen MR) is 79.8 cm³/mol. The second-order valence-electron chi connectivity index (χ2n) is 5.61. The third-order valence-electron chi connectivity index (χ3n) is 4.10. The molecule has 1 aromatic carbocycles. The van der Waals surface area contributed by atoms with Crippen LogP contribution in [0.25, 0.3) is 0 Å². The summed E-state index contributed by atoms with van der Waals surface area (Å²) in [7, 11) is 2.19. The highest BCUT2D eigenvalue weighted by Crippen LogP contribution is 2.14. The molecule has 0 spiro atoms. The first-order chi connectivity index (χ1) is 9.60. The maximum Gasteiger partial charge on any atom is 0.119 e. The van der Waals surface area contributed by atoms with Crippen LogP contribution in [0.5, 0.6) is 5.75 Å². The molecule has 1 heterocycles. The highest BCUT2D eigenvalue weighted by Gasteiger charge is 2.25. The summed E-state index contributed by atoms with van der Waals surface area (Å²) >= 11 is 0. The Balaban J connectivity index is 1.77. The second-order valence-corrected chi connectivity index (χ2v) is 5.61. The monoisotopic (exact) mass is 273 g/mol. The van der Waals surface area contributed by atoms with E-state index in [1.165, 1.54) is 0 Å². The van der Waals surface area contributed by atoms with Crippen LogP contribution in [-0.2, 0) is 0 Å². The van der Waals surface area contributed by atoms with Crippen molar-refractivity contribution in [1.29, 1.82) is 5.26 Å². The number of likely N-dealkylation sites (N-methyl/N-ethyl adjacent to an activating group) is 1. The quantitative estimate of drug-likeness (QED) is 0.841. The van der Waals surface area contributed by atoms with Gasteiger partial charge >= 0.3 is 0 Å². The summed E-state index contributed by atoms with van der Waals surface area (Å²) < 4.78 is 5.74. The van der Waals surface area contributed by atoms with Crippen molar-refractivity contribution < 1.29 is 4.74 Å². The Morgan fingerprint density at radius 2 is 1.80 bits per heavy atom. The van der Waals surface area contributed by atoms with Crippen molar-refractivity contribution in [3.05, 3.63) is 29.8 Å². The largest absolute Gasteiger partial charge is 0.492 e. The molecule has 108 valence electrons. The zero-order valence-corrected chi connectivity index (χ0v) is 12.5. The number of hydrogen-bond acceptors (Lipinski definition) is 4. The summed E-state index contributed by atoms with van der Waals surface area (Å²) in [5, 5.41) is 8.74. The summed E-state index contributed by atoms with van der Waals surface area (Å²) in [6.07, 6.45) is 0. The molecule has 0 aliphatic carbocycles. The molecule has 0 amide bonds. The fraction of sp³-hybridized carbons (Fsp3) is 0.562. The third kappa shape index (κ3) is 3.72. The van der Waals surface area contributed by atoms with Gasteiger partial charge in [0.15, 0.2) is 0 Å². The van der Waals surface area contributed by atoms with Gasteiger partial charge in [-0.05, 0) is 45.2 Å². The van der Waals surface area contributed by atoms with Crippen LogP contribution in [0.1, 0.15) is 19.4 Å². The minimum atomic E-state index is 0.591. The summed E-state index contributed by atoms with van der Waals surface area (Å²) in [6, 6.07) is 10.6. The first kappa shape index (κ1) is 14.8. The molecule has 0 aromatic heterocycles. The van der Waals surface area contributed by atoms with Crippen LogP contribution in [0.3, 0.4) is 0 Å². The van der Waals surface area contributed by atoms with Crippen LogP contribution in [0, 0.1) is 11.3 Å². The fourth-order valence-electron chi connectivity index (χ4n) is 2.61. The smallest absolute Gasteiger partial charge is 0.119 e. The van der Waals surface area contributed by atoms with Crippen molar-refractivity contribution in [3.63, 3.8) is 0 Å². The molecule has 0 N–H and O–H groups in total. The van der Waals surface area contributed by atoms with Gasteiger partial charge in [-0.25, -0.2) is 0 Å². The van der Waals surface area contributed by atoms with Gasteiger partial charge in [-0.1, -0.05) is 0 Å². The minimum absolute atomic E-state index is 0.591. The van der Waals surface area contributed by atoms with E-state index in [-0.39, 0.29) is 0 Å². The zero-order valence-electron chi connectivity index (χ0n) is 12.5. The average Bonchev–Trinajstić information content (AvgIpc) is 2.45. The summed E-state index contributed by atoms with van der Waals surface area (Å²) in [5.74, 6) is 0.833. The Hall–Kier alpha value is -1.57. The zero-order chi connectivity index (χ0) is 14.5. The Morgan fingerprint density at radius 1 is 1.20 bits per heavy atom. The van der Waals surface area contributed by atoms with E-state index in [2.05, 4.69) is 36.8 Å². The van der Waals surface area contributed by atoms with Crippen LogP contribution in [-0.4, -0.2) is 55.2 Å². The van der Waals surface area contributed by atoms with E-state index >= 15 is 0 Å². The molecule has 20 heavy (non-hydrogen) atoms. The van der Waals surface area contributed by atoms with Gasteiger partial charge in [0.25, 0.3) is 0 Å². The Morgan fingerprint density at radius 3 is 2.35 bits per heavy atom. The number of benzene rings is 1. The van der Waals surface area contributed by atoms with E-state index in [1.54, 1.807) is 12.1 Å². The molecule has 0 saturated carbocycles. The van der Waals surface area contributed by atoms with Crippen LogP contribution in [0.2, 0.25) is 0 Å². The second kappa shape index (κ2) is 6.74. The van der Waals surface area contributed by atoms with Gasteiger partial charge in [0.2, 0.25) is 0 Å². The van der Waals surface area contributed by atoms with Gasteiger partial charge in [-0.15, -0.1) is 0 Å². The minimum Gasteiger partial charge on any atom is -0.492 e. The normalized spacial score (nSPS) is 24.3. The SMILES string of the molecule is CC1CN(CCOc2ccc(C#N)cc2)CC(C)N1C. The third-order valence-corrected chi connectivity index (χ3v) is 4.10. The van der Waals surface area contributed by atoms with Crippen molar-refractivity contribution in [2.75, 3.05) is 33.3 Å². The van der Waals surface area contributed by atoms with Crippen LogP contribution < -0.4 is 4.74 Å². The molecule has 1 aliphatic rings. The number of rotatable bonds is 4. The van der Waals surface area contributed by atoms with Crippen molar-refractivity contribution in [2.45, 2.75) is 25.9 Å². The molecule has 2 rings (SSSR count). The predicted octanol–water partition coefficient (Wildman–Crippen LogP) is 1.96. The van der Waals surface area contributed by atoms with Gasteiger partial charge < -0.3 is 4.74 Å². The first-order valence-electron chi connectivity index (χ1n) is 7.17.